The Hall–Kier alpha value is -0.530. The zero-order valence-electron chi connectivity index (χ0n) is 8.17. The highest BCUT2D eigenvalue weighted by atomic mass is 35.5. The first-order chi connectivity index (χ1) is 6.83. The number of hydrogen-bond acceptors (Lipinski definition) is 1. The van der Waals surface area contributed by atoms with Crippen LogP contribution < -0.4 is 0 Å². The van der Waals surface area contributed by atoms with Crippen molar-refractivity contribution in [3.8, 4) is 0 Å². The van der Waals surface area contributed by atoms with Crippen molar-refractivity contribution in [2.24, 2.45) is 0 Å². The normalized spacial score (nSPS) is 22.1. The molecular weight excluding hydrogens is 194 g/mol. The largest absolute Gasteiger partial charge is 0.296 e. The molecule has 3 rings (SSSR count). The Kier molecular flexibility index (Phi) is 2.03. The summed E-state index contributed by atoms with van der Waals surface area (Å²) in [4.78, 5) is 2.60. The summed E-state index contributed by atoms with van der Waals surface area (Å²) in [5.74, 6) is 0. The number of hydrogen-bond donors (Lipinski definition) is 0. The molecule has 1 aromatic carbocycles. The molecule has 0 radical (unpaired) electrons. The topological polar surface area (TPSA) is 3.24 Å². The molecule has 2 heteroatoms. The molecule has 0 saturated heterocycles. The van der Waals surface area contributed by atoms with Crippen LogP contribution in [0.15, 0.2) is 18.2 Å². The van der Waals surface area contributed by atoms with Crippen molar-refractivity contribution >= 4 is 11.6 Å². The van der Waals surface area contributed by atoms with Crippen LogP contribution in [0.4, 0.5) is 0 Å². The van der Waals surface area contributed by atoms with E-state index in [1.165, 1.54) is 36.9 Å². The van der Waals surface area contributed by atoms with E-state index in [4.69, 9.17) is 11.6 Å². The first-order valence-electron chi connectivity index (χ1n) is 5.34. The highest BCUT2D eigenvalue weighted by Crippen LogP contribution is 2.32. The average Bonchev–Trinajstić information content (AvgIpc) is 3.00. The number of fused-ring (bicyclic) bond motifs is 1. The Labute approximate surface area is 89.7 Å². The maximum Gasteiger partial charge on any atom is 0.0409 e. The first kappa shape index (κ1) is 8.75. The van der Waals surface area contributed by atoms with Crippen LogP contribution in [0.5, 0.6) is 0 Å². The van der Waals surface area contributed by atoms with Crippen molar-refractivity contribution in [1.82, 2.24) is 4.90 Å². The van der Waals surface area contributed by atoms with E-state index >= 15 is 0 Å². The molecule has 0 atom stereocenters. The van der Waals surface area contributed by atoms with Gasteiger partial charge in [-0.05, 0) is 42.5 Å². The van der Waals surface area contributed by atoms with Crippen LogP contribution in [0.2, 0.25) is 5.02 Å². The molecule has 0 unspecified atom stereocenters. The molecule has 0 spiro atoms. The lowest BCUT2D eigenvalue weighted by molar-refractivity contribution is 0.244. The number of halogens is 1. The van der Waals surface area contributed by atoms with Gasteiger partial charge in [0.15, 0.2) is 0 Å². The quantitative estimate of drug-likeness (QED) is 0.685. The van der Waals surface area contributed by atoms with Crippen molar-refractivity contribution in [2.45, 2.75) is 31.8 Å². The Morgan fingerprint density at radius 1 is 1.21 bits per heavy atom. The molecule has 0 amide bonds. The van der Waals surface area contributed by atoms with Crippen LogP contribution in [-0.4, -0.2) is 17.5 Å². The molecule has 0 N–H and O–H groups in total. The fourth-order valence-electron chi connectivity index (χ4n) is 2.30. The van der Waals surface area contributed by atoms with Gasteiger partial charge >= 0.3 is 0 Å². The smallest absolute Gasteiger partial charge is 0.0409 e. The van der Waals surface area contributed by atoms with Gasteiger partial charge in [-0.3, -0.25) is 4.90 Å². The Morgan fingerprint density at radius 2 is 2.07 bits per heavy atom. The summed E-state index contributed by atoms with van der Waals surface area (Å²) < 4.78 is 0. The lowest BCUT2D eigenvalue weighted by atomic mass is 10.00. The lowest BCUT2D eigenvalue weighted by Gasteiger charge is -2.28. The third kappa shape index (κ3) is 1.55. The molecule has 1 aliphatic carbocycles. The summed E-state index contributed by atoms with van der Waals surface area (Å²) in [5.41, 5.74) is 2.93. The molecule has 1 aromatic rings. The maximum absolute atomic E-state index is 6.00. The van der Waals surface area contributed by atoms with Crippen LogP contribution in [0.1, 0.15) is 24.0 Å². The van der Waals surface area contributed by atoms with Gasteiger partial charge in [-0.1, -0.05) is 17.7 Å². The molecule has 1 fully saturated rings. The molecule has 0 aromatic heterocycles. The predicted molar refractivity (Wildman–Crippen MR) is 58.6 cm³/mol. The summed E-state index contributed by atoms with van der Waals surface area (Å²) >= 11 is 6.00. The minimum atomic E-state index is 0.876. The minimum absolute atomic E-state index is 0.876. The van der Waals surface area contributed by atoms with Crippen molar-refractivity contribution < 1.29 is 0 Å². The SMILES string of the molecule is Clc1ccc2c(c1)CN(C1CC1)CC2. The van der Waals surface area contributed by atoms with Gasteiger partial charge in [0, 0.05) is 24.2 Å². The first-order valence-corrected chi connectivity index (χ1v) is 5.72. The van der Waals surface area contributed by atoms with Crippen molar-refractivity contribution in [1.29, 1.82) is 0 Å². The van der Waals surface area contributed by atoms with E-state index in [1.807, 2.05) is 6.07 Å². The van der Waals surface area contributed by atoms with Gasteiger partial charge < -0.3 is 0 Å². The third-order valence-electron chi connectivity index (χ3n) is 3.27. The van der Waals surface area contributed by atoms with Crippen LogP contribution in [0, 0.1) is 0 Å². The van der Waals surface area contributed by atoms with Crippen LogP contribution in [0.3, 0.4) is 0 Å². The van der Waals surface area contributed by atoms with Gasteiger partial charge in [0.25, 0.3) is 0 Å². The zero-order chi connectivity index (χ0) is 9.54. The number of rotatable bonds is 1. The van der Waals surface area contributed by atoms with E-state index in [1.54, 1.807) is 0 Å². The van der Waals surface area contributed by atoms with E-state index in [9.17, 15) is 0 Å². The van der Waals surface area contributed by atoms with Gasteiger partial charge in [0.05, 0.1) is 0 Å². The predicted octanol–water partition coefficient (Wildman–Crippen LogP) is 2.86. The number of nitrogens with zero attached hydrogens (tertiary/aromatic N) is 1. The van der Waals surface area contributed by atoms with Gasteiger partial charge in [-0.25, -0.2) is 0 Å². The highest BCUT2D eigenvalue weighted by molar-refractivity contribution is 6.30. The summed E-state index contributed by atoms with van der Waals surface area (Å²) in [5, 5.41) is 0.876. The van der Waals surface area contributed by atoms with Gasteiger partial charge in [0.2, 0.25) is 0 Å². The van der Waals surface area contributed by atoms with E-state index in [0.29, 0.717) is 0 Å². The molecule has 74 valence electrons. The molecule has 1 aliphatic heterocycles. The zero-order valence-corrected chi connectivity index (χ0v) is 8.93. The fourth-order valence-corrected chi connectivity index (χ4v) is 2.49. The van der Waals surface area contributed by atoms with Gasteiger partial charge in [0.1, 0.15) is 0 Å². The molecule has 0 bridgehead atoms. The maximum atomic E-state index is 6.00. The molecular formula is C12H14ClN. The Morgan fingerprint density at radius 3 is 2.86 bits per heavy atom. The van der Waals surface area contributed by atoms with Crippen molar-refractivity contribution in [3.05, 3.63) is 34.3 Å². The molecule has 1 saturated carbocycles. The van der Waals surface area contributed by atoms with Gasteiger partial charge in [-0.15, -0.1) is 0 Å². The summed E-state index contributed by atoms with van der Waals surface area (Å²) in [7, 11) is 0. The Balaban J connectivity index is 1.88. The summed E-state index contributed by atoms with van der Waals surface area (Å²) in [6.45, 7) is 2.35. The molecule has 14 heavy (non-hydrogen) atoms. The lowest BCUT2D eigenvalue weighted by Crippen LogP contribution is -2.32. The van der Waals surface area contributed by atoms with Crippen LogP contribution >= 0.6 is 11.6 Å². The highest BCUT2D eigenvalue weighted by Gasteiger charge is 2.30. The van der Waals surface area contributed by atoms with E-state index in [2.05, 4.69) is 17.0 Å². The fraction of sp³-hybridized carbons (Fsp3) is 0.500. The van der Waals surface area contributed by atoms with E-state index in [-0.39, 0.29) is 0 Å². The van der Waals surface area contributed by atoms with Gasteiger partial charge in [-0.2, -0.15) is 0 Å². The third-order valence-corrected chi connectivity index (χ3v) is 3.51. The second kappa shape index (κ2) is 3.25. The second-order valence-corrected chi connectivity index (χ2v) is 4.80. The summed E-state index contributed by atoms with van der Waals surface area (Å²) in [6.07, 6.45) is 3.99. The Bertz CT molecular complexity index is 357. The van der Waals surface area contributed by atoms with Crippen molar-refractivity contribution in [3.63, 3.8) is 0 Å². The van der Waals surface area contributed by atoms with Crippen molar-refractivity contribution in [2.75, 3.05) is 6.54 Å². The second-order valence-electron chi connectivity index (χ2n) is 4.36. The minimum Gasteiger partial charge on any atom is -0.296 e. The summed E-state index contributed by atoms with van der Waals surface area (Å²) in [6, 6.07) is 7.20. The standard InChI is InChI=1S/C12H14ClN/c13-11-2-1-9-5-6-14(12-3-4-12)8-10(9)7-11/h1-2,7,12H,3-6,8H2. The molecule has 1 heterocycles. The molecule has 1 nitrogen and oxygen atoms in total. The van der Waals surface area contributed by atoms with Crippen LogP contribution in [0.25, 0.3) is 0 Å². The molecule has 2 aliphatic rings. The van der Waals surface area contributed by atoms with Crippen LogP contribution in [-0.2, 0) is 13.0 Å². The van der Waals surface area contributed by atoms with E-state index in [0.717, 1.165) is 17.6 Å². The number of benzene rings is 1. The van der Waals surface area contributed by atoms with E-state index < -0.39 is 0 Å². The monoisotopic (exact) mass is 207 g/mol. The average molecular weight is 208 g/mol.